The lowest BCUT2D eigenvalue weighted by molar-refractivity contribution is 0.404. The highest BCUT2D eigenvalue weighted by Crippen LogP contribution is 2.25. The fourth-order valence-electron chi connectivity index (χ4n) is 1.60. The minimum atomic E-state index is 0.738. The van der Waals surface area contributed by atoms with E-state index in [0.717, 1.165) is 17.8 Å². The van der Waals surface area contributed by atoms with E-state index in [1.807, 2.05) is 0 Å². The zero-order valence-electron chi connectivity index (χ0n) is 7.75. The molecule has 11 heavy (non-hydrogen) atoms. The summed E-state index contributed by atoms with van der Waals surface area (Å²) in [7, 11) is 0. The molecule has 0 heterocycles. The fraction of sp³-hybridized carbons (Fsp3) is 0.636. The summed E-state index contributed by atoms with van der Waals surface area (Å²) >= 11 is 0. The van der Waals surface area contributed by atoms with Gasteiger partial charge in [-0.1, -0.05) is 45.1 Å². The van der Waals surface area contributed by atoms with Gasteiger partial charge >= 0.3 is 0 Å². The van der Waals surface area contributed by atoms with Crippen LogP contribution in [0.15, 0.2) is 24.3 Å². The van der Waals surface area contributed by atoms with Gasteiger partial charge in [0.15, 0.2) is 0 Å². The standard InChI is InChI=1S/C11H18/c1-9(2)8-11-7-5-4-6-10(11)3/h4-7,9-11H,8H2,1-3H3. The summed E-state index contributed by atoms with van der Waals surface area (Å²) in [6.45, 7) is 6.88. The van der Waals surface area contributed by atoms with E-state index in [9.17, 15) is 0 Å². The molecule has 0 fully saturated rings. The summed E-state index contributed by atoms with van der Waals surface area (Å²) in [5.41, 5.74) is 0. The van der Waals surface area contributed by atoms with Gasteiger partial charge in [-0.2, -0.15) is 0 Å². The third-order valence-corrected chi connectivity index (χ3v) is 2.30. The quantitative estimate of drug-likeness (QED) is 0.566. The summed E-state index contributed by atoms with van der Waals surface area (Å²) in [6.07, 6.45) is 10.3. The topological polar surface area (TPSA) is 0 Å². The van der Waals surface area contributed by atoms with Crippen molar-refractivity contribution in [2.75, 3.05) is 0 Å². The van der Waals surface area contributed by atoms with Crippen LogP contribution in [0.3, 0.4) is 0 Å². The van der Waals surface area contributed by atoms with E-state index in [0.29, 0.717) is 0 Å². The van der Waals surface area contributed by atoms with E-state index in [2.05, 4.69) is 45.1 Å². The summed E-state index contributed by atoms with van der Waals surface area (Å²) in [6, 6.07) is 0. The summed E-state index contributed by atoms with van der Waals surface area (Å²) in [4.78, 5) is 0. The van der Waals surface area contributed by atoms with Crippen LogP contribution in [0.4, 0.5) is 0 Å². The molecule has 0 N–H and O–H groups in total. The van der Waals surface area contributed by atoms with E-state index >= 15 is 0 Å². The molecule has 0 spiro atoms. The second-order valence-corrected chi connectivity index (χ2v) is 3.92. The average molecular weight is 150 g/mol. The zero-order valence-corrected chi connectivity index (χ0v) is 7.75. The summed E-state index contributed by atoms with van der Waals surface area (Å²) in [5, 5.41) is 0. The Kier molecular flexibility index (Phi) is 2.92. The molecular formula is C11H18. The first-order chi connectivity index (χ1) is 5.20. The van der Waals surface area contributed by atoms with Crippen LogP contribution in [0.5, 0.6) is 0 Å². The van der Waals surface area contributed by atoms with Gasteiger partial charge in [0.05, 0.1) is 0 Å². The fourth-order valence-corrected chi connectivity index (χ4v) is 1.60. The van der Waals surface area contributed by atoms with Crippen LogP contribution in [0, 0.1) is 17.8 Å². The van der Waals surface area contributed by atoms with Crippen molar-refractivity contribution in [1.82, 2.24) is 0 Å². The van der Waals surface area contributed by atoms with Gasteiger partial charge in [-0.05, 0) is 24.2 Å². The Morgan fingerprint density at radius 1 is 1.18 bits per heavy atom. The molecule has 2 atom stereocenters. The Hall–Kier alpha value is -0.520. The molecule has 0 nitrogen and oxygen atoms in total. The molecule has 62 valence electrons. The highest BCUT2D eigenvalue weighted by atomic mass is 14.2. The first kappa shape index (κ1) is 8.58. The number of rotatable bonds is 2. The van der Waals surface area contributed by atoms with E-state index < -0.39 is 0 Å². The zero-order chi connectivity index (χ0) is 8.27. The molecule has 0 amide bonds. The maximum Gasteiger partial charge on any atom is -0.0168 e. The van der Waals surface area contributed by atoms with Crippen LogP contribution in [-0.2, 0) is 0 Å². The Morgan fingerprint density at radius 2 is 1.82 bits per heavy atom. The summed E-state index contributed by atoms with van der Waals surface area (Å²) < 4.78 is 0. The van der Waals surface area contributed by atoms with E-state index in [4.69, 9.17) is 0 Å². The highest BCUT2D eigenvalue weighted by molar-refractivity contribution is 5.13. The minimum absolute atomic E-state index is 0.738. The average Bonchev–Trinajstić information content (AvgIpc) is 1.93. The van der Waals surface area contributed by atoms with Crippen molar-refractivity contribution in [3.8, 4) is 0 Å². The lowest BCUT2D eigenvalue weighted by Crippen LogP contribution is -2.11. The third-order valence-electron chi connectivity index (χ3n) is 2.30. The van der Waals surface area contributed by atoms with E-state index in [1.165, 1.54) is 6.42 Å². The summed E-state index contributed by atoms with van der Waals surface area (Å²) in [5.74, 6) is 2.33. The molecule has 1 rings (SSSR count). The Balaban J connectivity index is 2.45. The van der Waals surface area contributed by atoms with Crippen molar-refractivity contribution < 1.29 is 0 Å². The number of allylic oxidation sites excluding steroid dienone is 4. The predicted octanol–water partition coefficient (Wildman–Crippen LogP) is 3.41. The Morgan fingerprint density at radius 3 is 2.36 bits per heavy atom. The van der Waals surface area contributed by atoms with E-state index in [-0.39, 0.29) is 0 Å². The molecule has 0 aromatic carbocycles. The normalized spacial score (nSPS) is 29.8. The molecule has 1 aliphatic rings. The van der Waals surface area contributed by atoms with Crippen molar-refractivity contribution in [2.45, 2.75) is 27.2 Å². The molecule has 2 unspecified atom stereocenters. The van der Waals surface area contributed by atoms with Crippen LogP contribution >= 0.6 is 0 Å². The third kappa shape index (κ3) is 2.53. The molecular weight excluding hydrogens is 132 g/mol. The van der Waals surface area contributed by atoms with Crippen LogP contribution < -0.4 is 0 Å². The van der Waals surface area contributed by atoms with Crippen molar-refractivity contribution in [3.63, 3.8) is 0 Å². The van der Waals surface area contributed by atoms with Gasteiger partial charge in [-0.3, -0.25) is 0 Å². The SMILES string of the molecule is CC(C)CC1C=CC=CC1C. The van der Waals surface area contributed by atoms with Gasteiger partial charge in [0.1, 0.15) is 0 Å². The van der Waals surface area contributed by atoms with Crippen molar-refractivity contribution in [1.29, 1.82) is 0 Å². The maximum atomic E-state index is 2.34. The van der Waals surface area contributed by atoms with Gasteiger partial charge in [0.2, 0.25) is 0 Å². The van der Waals surface area contributed by atoms with Crippen molar-refractivity contribution >= 4 is 0 Å². The van der Waals surface area contributed by atoms with Crippen LogP contribution in [0.25, 0.3) is 0 Å². The van der Waals surface area contributed by atoms with Crippen LogP contribution in [-0.4, -0.2) is 0 Å². The van der Waals surface area contributed by atoms with Gasteiger partial charge in [-0.15, -0.1) is 0 Å². The number of hydrogen-bond acceptors (Lipinski definition) is 0. The Labute approximate surface area is 70.0 Å². The molecule has 0 aromatic rings. The molecule has 0 saturated heterocycles. The molecule has 0 aliphatic heterocycles. The van der Waals surface area contributed by atoms with Gasteiger partial charge in [0, 0.05) is 0 Å². The second-order valence-electron chi connectivity index (χ2n) is 3.92. The molecule has 0 saturated carbocycles. The Bertz CT molecular complexity index is 163. The smallest absolute Gasteiger partial charge is 0.0168 e. The molecule has 0 heteroatoms. The van der Waals surface area contributed by atoms with Gasteiger partial charge < -0.3 is 0 Å². The van der Waals surface area contributed by atoms with Crippen molar-refractivity contribution in [2.24, 2.45) is 17.8 Å². The maximum absolute atomic E-state index is 2.34. The molecule has 0 radical (unpaired) electrons. The second kappa shape index (κ2) is 3.75. The van der Waals surface area contributed by atoms with Crippen LogP contribution in [0.2, 0.25) is 0 Å². The predicted molar refractivity (Wildman–Crippen MR) is 50.4 cm³/mol. The minimum Gasteiger partial charge on any atom is -0.0811 e. The van der Waals surface area contributed by atoms with Gasteiger partial charge in [-0.25, -0.2) is 0 Å². The van der Waals surface area contributed by atoms with E-state index in [1.54, 1.807) is 0 Å². The first-order valence-electron chi connectivity index (χ1n) is 4.55. The monoisotopic (exact) mass is 150 g/mol. The molecule has 0 bridgehead atoms. The van der Waals surface area contributed by atoms with Gasteiger partial charge in [0.25, 0.3) is 0 Å². The lowest BCUT2D eigenvalue weighted by atomic mass is 9.84. The van der Waals surface area contributed by atoms with Crippen LogP contribution in [0.1, 0.15) is 27.2 Å². The molecule has 1 aliphatic carbocycles. The molecule has 0 aromatic heterocycles. The first-order valence-corrected chi connectivity index (χ1v) is 4.55. The highest BCUT2D eigenvalue weighted by Gasteiger charge is 2.14. The largest absolute Gasteiger partial charge is 0.0811 e. The number of hydrogen-bond donors (Lipinski definition) is 0. The van der Waals surface area contributed by atoms with Crippen molar-refractivity contribution in [3.05, 3.63) is 24.3 Å². The lowest BCUT2D eigenvalue weighted by Gasteiger charge is -2.21.